The molecule has 0 aliphatic carbocycles. The summed E-state index contributed by atoms with van der Waals surface area (Å²) in [5.41, 5.74) is -0.0990. The van der Waals surface area contributed by atoms with Crippen molar-refractivity contribution in [2.75, 3.05) is 13.6 Å². The molecule has 98 valence electrons. The van der Waals surface area contributed by atoms with Crippen LogP contribution in [-0.4, -0.2) is 40.1 Å². The number of likely N-dealkylation sites (N-methyl/N-ethyl adjacent to an activating group) is 1. The molecule has 1 rings (SSSR count). The molecule has 0 saturated heterocycles. The van der Waals surface area contributed by atoms with Gasteiger partial charge in [0.2, 0.25) is 5.91 Å². The lowest BCUT2D eigenvalue weighted by molar-refractivity contribution is -0.127. The number of halogens is 1. The molecule has 0 aromatic carbocycles. The minimum atomic E-state index is -0.905. The van der Waals surface area contributed by atoms with Crippen LogP contribution in [0.4, 0.5) is 0 Å². The third-order valence-electron chi connectivity index (χ3n) is 2.17. The van der Waals surface area contributed by atoms with E-state index in [2.05, 4.69) is 4.98 Å². The van der Waals surface area contributed by atoms with Gasteiger partial charge in [0.05, 0.1) is 5.60 Å². The third kappa shape index (κ3) is 5.29. The lowest BCUT2D eigenvalue weighted by atomic mass is 10.1. The molecule has 0 aliphatic heterocycles. The Labute approximate surface area is 112 Å². The van der Waals surface area contributed by atoms with E-state index in [9.17, 15) is 9.90 Å². The van der Waals surface area contributed by atoms with E-state index in [1.54, 1.807) is 45.3 Å². The predicted molar refractivity (Wildman–Crippen MR) is 72.2 cm³/mol. The number of pyridine rings is 1. The highest BCUT2D eigenvalue weighted by molar-refractivity contribution is 6.29. The predicted octanol–water partition coefficient (Wildman–Crippen LogP) is 1.98. The molecule has 0 saturated carbocycles. The molecule has 1 amide bonds. The summed E-state index contributed by atoms with van der Waals surface area (Å²) in [6.45, 7) is 3.58. The molecule has 18 heavy (non-hydrogen) atoms. The van der Waals surface area contributed by atoms with E-state index in [-0.39, 0.29) is 12.5 Å². The quantitative estimate of drug-likeness (QED) is 0.671. The van der Waals surface area contributed by atoms with E-state index in [0.717, 1.165) is 5.56 Å². The highest BCUT2D eigenvalue weighted by Crippen LogP contribution is 2.09. The number of carbonyl (C=O) groups excluding carboxylic acids is 1. The number of aromatic nitrogens is 1. The van der Waals surface area contributed by atoms with Gasteiger partial charge >= 0.3 is 0 Å². The summed E-state index contributed by atoms with van der Waals surface area (Å²) in [7, 11) is 1.64. The van der Waals surface area contributed by atoms with Crippen LogP contribution in [0.1, 0.15) is 19.4 Å². The maximum Gasteiger partial charge on any atom is 0.246 e. The van der Waals surface area contributed by atoms with Gasteiger partial charge in [-0.05, 0) is 37.6 Å². The van der Waals surface area contributed by atoms with Gasteiger partial charge in [0.25, 0.3) is 0 Å². The molecule has 0 aliphatic rings. The first-order chi connectivity index (χ1) is 8.28. The van der Waals surface area contributed by atoms with Gasteiger partial charge in [-0.1, -0.05) is 11.6 Å². The second kappa shape index (κ2) is 5.98. The topological polar surface area (TPSA) is 53.4 Å². The van der Waals surface area contributed by atoms with Crippen molar-refractivity contribution in [3.05, 3.63) is 35.1 Å². The second-order valence-electron chi connectivity index (χ2n) is 4.75. The first-order valence-corrected chi connectivity index (χ1v) is 5.93. The molecule has 0 radical (unpaired) electrons. The molecule has 0 bridgehead atoms. The molecular formula is C13H17ClN2O2. The Hall–Kier alpha value is -1.39. The van der Waals surface area contributed by atoms with Crippen LogP contribution in [-0.2, 0) is 4.79 Å². The van der Waals surface area contributed by atoms with Gasteiger partial charge in [-0.2, -0.15) is 0 Å². The lowest BCUT2D eigenvalue weighted by Crippen LogP contribution is -2.38. The van der Waals surface area contributed by atoms with Crippen molar-refractivity contribution in [3.63, 3.8) is 0 Å². The molecule has 0 atom stereocenters. The van der Waals surface area contributed by atoms with Crippen LogP contribution in [0.25, 0.3) is 6.08 Å². The molecule has 1 aromatic heterocycles. The summed E-state index contributed by atoms with van der Waals surface area (Å²) in [5.74, 6) is -0.176. The number of nitrogens with zero attached hydrogens (tertiary/aromatic N) is 2. The summed E-state index contributed by atoms with van der Waals surface area (Å²) in [6.07, 6.45) is 4.68. The molecule has 0 fully saturated rings. The van der Waals surface area contributed by atoms with Crippen molar-refractivity contribution in [1.29, 1.82) is 0 Å². The smallest absolute Gasteiger partial charge is 0.246 e. The summed E-state index contributed by atoms with van der Waals surface area (Å²) in [6, 6.07) is 3.42. The van der Waals surface area contributed by atoms with E-state index >= 15 is 0 Å². The Morgan fingerprint density at radius 1 is 1.61 bits per heavy atom. The van der Waals surface area contributed by atoms with Crippen LogP contribution >= 0.6 is 11.6 Å². The molecule has 1 heterocycles. The summed E-state index contributed by atoms with van der Waals surface area (Å²) in [5, 5.41) is 10.00. The standard InChI is InChI=1S/C13H17ClN2O2/c1-13(2,18)9-16(3)12(17)5-4-10-6-7-15-11(14)8-10/h4-8,18H,9H2,1-3H3/b5-4+. The third-order valence-corrected chi connectivity index (χ3v) is 2.38. The lowest BCUT2D eigenvalue weighted by Gasteiger charge is -2.24. The first kappa shape index (κ1) is 14.7. The first-order valence-electron chi connectivity index (χ1n) is 5.55. The summed E-state index contributed by atoms with van der Waals surface area (Å²) in [4.78, 5) is 17.1. The maximum atomic E-state index is 11.8. The van der Waals surface area contributed by atoms with Crippen LogP contribution in [0.2, 0.25) is 5.15 Å². The van der Waals surface area contributed by atoms with Crippen LogP contribution in [0.5, 0.6) is 0 Å². The number of aliphatic hydroxyl groups is 1. The Balaban J connectivity index is 2.64. The van der Waals surface area contributed by atoms with E-state index in [1.807, 2.05) is 0 Å². The fourth-order valence-electron chi connectivity index (χ4n) is 1.47. The largest absolute Gasteiger partial charge is 0.389 e. The number of rotatable bonds is 4. The highest BCUT2D eigenvalue weighted by atomic mass is 35.5. The number of hydrogen-bond acceptors (Lipinski definition) is 3. The molecule has 5 heteroatoms. The molecule has 4 nitrogen and oxygen atoms in total. The SMILES string of the molecule is CN(CC(C)(C)O)C(=O)/C=C/c1ccnc(Cl)c1. The van der Waals surface area contributed by atoms with Gasteiger partial charge in [-0.3, -0.25) is 4.79 Å². The van der Waals surface area contributed by atoms with Crippen molar-refractivity contribution in [2.24, 2.45) is 0 Å². The van der Waals surface area contributed by atoms with E-state index in [1.165, 1.54) is 11.0 Å². The van der Waals surface area contributed by atoms with Crippen molar-refractivity contribution in [2.45, 2.75) is 19.4 Å². The number of carbonyl (C=O) groups is 1. The van der Waals surface area contributed by atoms with Crippen molar-refractivity contribution >= 4 is 23.6 Å². The minimum absolute atomic E-state index is 0.176. The van der Waals surface area contributed by atoms with Gasteiger partial charge in [-0.15, -0.1) is 0 Å². The summed E-state index contributed by atoms with van der Waals surface area (Å²) >= 11 is 5.74. The molecule has 0 spiro atoms. The van der Waals surface area contributed by atoms with Crippen LogP contribution in [0.15, 0.2) is 24.4 Å². The highest BCUT2D eigenvalue weighted by Gasteiger charge is 2.17. The minimum Gasteiger partial charge on any atom is -0.389 e. The fourth-order valence-corrected chi connectivity index (χ4v) is 1.66. The zero-order valence-corrected chi connectivity index (χ0v) is 11.5. The van der Waals surface area contributed by atoms with E-state index < -0.39 is 5.60 Å². The maximum absolute atomic E-state index is 11.8. The monoisotopic (exact) mass is 268 g/mol. The Bertz CT molecular complexity index is 453. The van der Waals surface area contributed by atoms with E-state index in [4.69, 9.17) is 11.6 Å². The Morgan fingerprint density at radius 2 is 2.28 bits per heavy atom. The zero-order chi connectivity index (χ0) is 13.8. The Morgan fingerprint density at radius 3 is 2.83 bits per heavy atom. The second-order valence-corrected chi connectivity index (χ2v) is 5.14. The van der Waals surface area contributed by atoms with Gasteiger partial charge in [0, 0.05) is 25.9 Å². The Kier molecular flexibility index (Phi) is 4.87. The van der Waals surface area contributed by atoms with Crippen LogP contribution in [0.3, 0.4) is 0 Å². The number of hydrogen-bond donors (Lipinski definition) is 1. The van der Waals surface area contributed by atoms with Crippen molar-refractivity contribution < 1.29 is 9.90 Å². The van der Waals surface area contributed by atoms with Crippen molar-refractivity contribution in [3.8, 4) is 0 Å². The average molecular weight is 269 g/mol. The van der Waals surface area contributed by atoms with E-state index in [0.29, 0.717) is 5.15 Å². The molecule has 0 unspecified atom stereocenters. The van der Waals surface area contributed by atoms with Gasteiger partial charge in [0.1, 0.15) is 5.15 Å². The van der Waals surface area contributed by atoms with Gasteiger partial charge in [0.15, 0.2) is 0 Å². The van der Waals surface area contributed by atoms with Crippen LogP contribution < -0.4 is 0 Å². The van der Waals surface area contributed by atoms with Gasteiger partial charge < -0.3 is 10.0 Å². The van der Waals surface area contributed by atoms with Crippen LogP contribution in [0, 0.1) is 0 Å². The summed E-state index contributed by atoms with van der Waals surface area (Å²) < 4.78 is 0. The average Bonchev–Trinajstić information content (AvgIpc) is 2.23. The van der Waals surface area contributed by atoms with Crippen molar-refractivity contribution in [1.82, 2.24) is 9.88 Å². The molecule has 1 N–H and O–H groups in total. The molecule has 1 aromatic rings. The number of amides is 1. The molecular weight excluding hydrogens is 252 g/mol. The van der Waals surface area contributed by atoms with Gasteiger partial charge in [-0.25, -0.2) is 4.98 Å². The zero-order valence-electron chi connectivity index (χ0n) is 10.7. The fraction of sp³-hybridized carbons (Fsp3) is 0.385. The normalized spacial score (nSPS) is 11.8.